The van der Waals surface area contributed by atoms with Crippen LogP contribution in [0.2, 0.25) is 0 Å². The van der Waals surface area contributed by atoms with Gasteiger partial charge in [-0.1, -0.05) is 18.2 Å². The third-order valence-electron chi connectivity index (χ3n) is 4.49. The fourth-order valence-electron chi connectivity index (χ4n) is 3.20. The Kier molecular flexibility index (Phi) is 8.55. The number of rotatable bonds is 7. The van der Waals surface area contributed by atoms with Crippen LogP contribution in [0.25, 0.3) is 6.08 Å². The predicted molar refractivity (Wildman–Crippen MR) is 113 cm³/mol. The number of pyridine rings is 1. The summed E-state index contributed by atoms with van der Waals surface area (Å²) in [6.07, 6.45) is 4.77. The number of carbonyl (C=O) groups excluding carboxylic acids is 1. The Balaban J connectivity index is 0.00000385. The molecule has 1 fully saturated rings. The van der Waals surface area contributed by atoms with Gasteiger partial charge < -0.3 is 21.7 Å². The van der Waals surface area contributed by atoms with Crippen LogP contribution < -0.4 is 46.1 Å². The molecule has 2 aliphatic heterocycles. The zero-order valence-corrected chi connectivity index (χ0v) is 20.4. The second-order valence-corrected chi connectivity index (χ2v) is 8.79. The first-order valence-corrected chi connectivity index (χ1v) is 10.9. The number of aliphatic imine (C=N–C) groups is 2. The summed E-state index contributed by atoms with van der Waals surface area (Å²) in [5.41, 5.74) is 9.90. The first-order valence-electron chi connectivity index (χ1n) is 9.21. The molecule has 3 rings (SSSR count). The molecule has 12 nitrogen and oxygen atoms in total. The second-order valence-electron chi connectivity index (χ2n) is 6.73. The molecule has 0 spiro atoms. The average Bonchev–Trinajstić information content (AvgIpc) is 2.73. The van der Waals surface area contributed by atoms with E-state index < -0.39 is 44.4 Å². The van der Waals surface area contributed by atoms with E-state index in [1.165, 1.54) is 12.3 Å². The van der Waals surface area contributed by atoms with E-state index in [2.05, 4.69) is 15.0 Å². The summed E-state index contributed by atoms with van der Waals surface area (Å²) in [6, 6.07) is 4.91. The molecule has 1 atom stereocenters. The van der Waals surface area contributed by atoms with Gasteiger partial charge in [0.05, 0.1) is 30.1 Å². The van der Waals surface area contributed by atoms with Gasteiger partial charge in [-0.3, -0.25) is 24.7 Å². The summed E-state index contributed by atoms with van der Waals surface area (Å²) < 4.78 is 25.6. The van der Waals surface area contributed by atoms with Crippen molar-refractivity contribution in [1.29, 1.82) is 0 Å². The topological polar surface area (TPSA) is 204 Å². The Morgan fingerprint density at radius 2 is 2.00 bits per heavy atom. The van der Waals surface area contributed by atoms with Crippen LogP contribution >= 0.6 is 0 Å². The molecule has 0 bridgehead atoms. The number of nitrogens with two attached hydrogens (primary N) is 2. The fraction of sp³-hybridized carbons (Fsp3) is 0.211. The van der Waals surface area contributed by atoms with E-state index in [4.69, 9.17) is 11.5 Å². The summed E-state index contributed by atoms with van der Waals surface area (Å²) in [7, 11) is -3.97. The van der Waals surface area contributed by atoms with Crippen molar-refractivity contribution in [3.8, 4) is 0 Å². The van der Waals surface area contributed by atoms with Crippen molar-refractivity contribution in [2.45, 2.75) is 5.37 Å². The van der Waals surface area contributed by atoms with E-state index in [9.17, 15) is 28.2 Å². The number of hydrogen-bond acceptors (Lipinski definition) is 8. The van der Waals surface area contributed by atoms with Crippen molar-refractivity contribution in [2.75, 3.05) is 18.8 Å². The third kappa shape index (κ3) is 5.87. The number of allylic oxidation sites excluding steroid dienone is 1. The zero-order chi connectivity index (χ0) is 23.5. The smallest absolute Gasteiger partial charge is 0.859 e. The van der Waals surface area contributed by atoms with Crippen LogP contribution in [0.1, 0.15) is 5.69 Å². The number of fused-ring (bicyclic) bond motifs is 1. The van der Waals surface area contributed by atoms with Gasteiger partial charge in [0.15, 0.2) is 21.2 Å². The third-order valence-corrected chi connectivity index (χ3v) is 6.35. The van der Waals surface area contributed by atoms with E-state index in [1.54, 1.807) is 18.2 Å². The van der Waals surface area contributed by atoms with Crippen molar-refractivity contribution < 1.29 is 57.8 Å². The Hall–Kier alpha value is -3.00. The van der Waals surface area contributed by atoms with Crippen LogP contribution in [-0.2, 0) is 19.4 Å². The molecule has 0 saturated carbocycles. The first kappa shape index (κ1) is 26.3. The fourth-order valence-corrected chi connectivity index (χ4v) is 5.10. The Morgan fingerprint density at radius 3 is 2.61 bits per heavy atom. The van der Waals surface area contributed by atoms with Crippen molar-refractivity contribution >= 4 is 39.6 Å². The van der Waals surface area contributed by atoms with Gasteiger partial charge in [0.25, 0.3) is 5.91 Å². The summed E-state index contributed by atoms with van der Waals surface area (Å²) >= 11 is 0. The second kappa shape index (κ2) is 10.7. The molecule has 14 heteroatoms. The van der Waals surface area contributed by atoms with E-state index in [-0.39, 0.29) is 59.8 Å². The molecule has 168 valence electrons. The van der Waals surface area contributed by atoms with E-state index in [1.807, 2.05) is 0 Å². The Labute approximate surface area is 211 Å². The van der Waals surface area contributed by atoms with Gasteiger partial charge >= 0.3 is 35.5 Å². The van der Waals surface area contributed by atoms with Gasteiger partial charge in [0.1, 0.15) is 5.70 Å². The van der Waals surface area contributed by atoms with Crippen LogP contribution in [0.3, 0.4) is 0 Å². The molecule has 33 heavy (non-hydrogen) atoms. The summed E-state index contributed by atoms with van der Waals surface area (Å²) in [6.45, 7) is 0.0628. The number of guanidine groups is 1. The maximum absolute atomic E-state index is 12.8. The van der Waals surface area contributed by atoms with Gasteiger partial charge in [-0.15, -0.1) is 0 Å². The van der Waals surface area contributed by atoms with Crippen LogP contribution in [0.4, 0.5) is 0 Å². The standard InChI is InChI=1S/C19H20N6O6S.Na/c20-19(21)24-8-7-23-14(26)5-4-11-10-32(30,31)17-13(9-12-3-1-2-6-22-12)16(27)25(17)15(11)18(28)29;/h1-6,9,17H,7-8,10H2,(H,23,26)(H,28,29)(H4,20,21,24);/q;+1/p-1/b5-4+,13-9+;/t17-;/m1./s1. The summed E-state index contributed by atoms with van der Waals surface area (Å²) in [4.78, 5) is 36.5. The summed E-state index contributed by atoms with van der Waals surface area (Å²) in [5.74, 6) is -3.82. The minimum absolute atomic E-state index is 0. The molecule has 0 aliphatic carbocycles. The number of β-lactam (4-membered cyclic amide) rings is 1. The first-order chi connectivity index (χ1) is 15.1. The largest absolute Gasteiger partial charge is 1.00 e. The van der Waals surface area contributed by atoms with E-state index in [0.717, 1.165) is 12.2 Å². The molecule has 0 unspecified atom stereocenters. The quantitative estimate of drug-likeness (QED) is 0.0848. The molecule has 0 radical (unpaired) electrons. The van der Waals surface area contributed by atoms with Gasteiger partial charge in [-0.05, 0) is 29.7 Å². The molecular weight excluding hydrogens is 463 g/mol. The SMILES string of the molecule is NC(N)=NCCN=C([O-])/C=C/C1=C(C(=O)O)N2C(=O)/C(=C\c3ccccn3)[C@H]2S(=O)(=O)C1.[Na+]. The zero-order valence-electron chi connectivity index (χ0n) is 17.6. The number of nitrogens with zero attached hydrogens (tertiary/aromatic N) is 4. The number of aliphatic carboxylic acids is 1. The monoisotopic (exact) mass is 482 g/mol. The van der Waals surface area contributed by atoms with Crippen LogP contribution in [-0.4, -0.2) is 71.4 Å². The van der Waals surface area contributed by atoms with Gasteiger partial charge in [0.2, 0.25) is 0 Å². The number of hydrogen-bond donors (Lipinski definition) is 3. The molecule has 1 aromatic rings. The van der Waals surface area contributed by atoms with Gasteiger partial charge in [0, 0.05) is 6.20 Å². The predicted octanol–water partition coefficient (Wildman–Crippen LogP) is -5.01. The average molecular weight is 482 g/mol. The molecule has 1 amide bonds. The molecule has 1 saturated heterocycles. The molecule has 5 N–H and O–H groups in total. The maximum Gasteiger partial charge on any atom is 1.00 e. The van der Waals surface area contributed by atoms with Crippen molar-refractivity contribution in [3.63, 3.8) is 0 Å². The van der Waals surface area contributed by atoms with Crippen molar-refractivity contribution in [2.24, 2.45) is 21.5 Å². The molecule has 0 aromatic carbocycles. The van der Waals surface area contributed by atoms with Gasteiger partial charge in [-0.2, -0.15) is 0 Å². The van der Waals surface area contributed by atoms with Crippen LogP contribution in [0.15, 0.2) is 63.4 Å². The molecule has 1 aromatic heterocycles. The minimum Gasteiger partial charge on any atom is -0.859 e. The van der Waals surface area contributed by atoms with Crippen LogP contribution in [0.5, 0.6) is 0 Å². The maximum atomic E-state index is 12.8. The number of aromatic nitrogens is 1. The Bertz CT molecular complexity index is 1200. The van der Waals surface area contributed by atoms with Crippen molar-refractivity contribution in [1.82, 2.24) is 9.88 Å². The van der Waals surface area contributed by atoms with Crippen molar-refractivity contribution in [3.05, 3.63) is 59.1 Å². The summed E-state index contributed by atoms with van der Waals surface area (Å²) in [5, 5.41) is 20.1. The number of amides is 1. The molecule has 3 heterocycles. The number of carboxylic acid groups (broad SMARTS) is 1. The minimum atomic E-state index is -3.97. The number of carbonyl (C=O) groups is 2. The van der Waals surface area contributed by atoms with E-state index in [0.29, 0.717) is 10.6 Å². The number of carboxylic acids is 1. The number of sulfone groups is 1. The molecule has 2 aliphatic rings. The normalized spacial score (nSPS) is 20.8. The Morgan fingerprint density at radius 1 is 1.30 bits per heavy atom. The van der Waals surface area contributed by atoms with E-state index >= 15 is 0 Å². The van der Waals surface area contributed by atoms with Gasteiger partial charge in [-0.25, -0.2) is 13.2 Å². The molecular formula is C19H19N6NaO6S. The van der Waals surface area contributed by atoms with Crippen LogP contribution in [0, 0.1) is 0 Å².